The minimum atomic E-state index is -0.449. The topological polar surface area (TPSA) is 50.4 Å². The van der Waals surface area contributed by atoms with Crippen LogP contribution in [0.1, 0.15) is 82.0 Å². The lowest BCUT2D eigenvalue weighted by Gasteiger charge is -2.56. The number of carbonyl (C=O) groups is 1. The molecule has 0 amide bonds. The fraction of sp³-hybridized carbons (Fsp3) is 0.679. The summed E-state index contributed by atoms with van der Waals surface area (Å²) >= 11 is 0. The van der Waals surface area contributed by atoms with Crippen molar-refractivity contribution >= 4 is 16.8 Å². The third-order valence-electron chi connectivity index (χ3n) is 10.3. The van der Waals surface area contributed by atoms with Gasteiger partial charge in [-0.25, -0.2) is 0 Å². The molecule has 4 aliphatic rings. The van der Waals surface area contributed by atoms with E-state index in [1.165, 1.54) is 38.5 Å². The molecule has 1 N–H and O–H groups in total. The number of rotatable bonds is 2. The fourth-order valence-electron chi connectivity index (χ4n) is 8.87. The Labute approximate surface area is 185 Å². The molecule has 3 nitrogen and oxygen atoms in total. The lowest BCUT2D eigenvalue weighted by molar-refractivity contribution is -0.0976. The second-order valence-electron chi connectivity index (χ2n) is 11.9. The summed E-state index contributed by atoms with van der Waals surface area (Å²) in [5.41, 5.74) is 1.29. The Kier molecular flexibility index (Phi) is 4.49. The number of hydrogen-bond donors (Lipinski definition) is 1. The molecule has 0 unspecified atom stereocenters. The molecule has 0 bridgehead atoms. The SMILES string of the molecule is C[C@@]1(O)CC[C@H]2[C@H](CC[C@@H]3[C@@H]2CC[C@]2(C)[C@@H](C(=O)c4coc5ccccc45)CC[C@@H]32)C1. The number of furan rings is 1. The standard InChI is InChI=1S/C28H36O3/c1-27(30)13-11-18-17(15-27)7-8-20-19(18)12-14-28(2)23(20)9-10-24(28)26(29)22-16-31-25-6-4-3-5-21(22)25/h3-6,16-20,23-24,30H,7-15H2,1-2H3/t17-,18+,19-,20-,23+,24-,27-,28+/m1/s1. The zero-order chi connectivity index (χ0) is 21.4. The van der Waals surface area contributed by atoms with Crippen LogP contribution in [0.5, 0.6) is 0 Å². The van der Waals surface area contributed by atoms with E-state index in [-0.39, 0.29) is 11.3 Å². The molecule has 1 aromatic heterocycles. The van der Waals surface area contributed by atoms with Crippen molar-refractivity contribution in [3.05, 3.63) is 36.1 Å². The summed E-state index contributed by atoms with van der Waals surface area (Å²) < 4.78 is 5.72. The third kappa shape index (κ3) is 2.98. The van der Waals surface area contributed by atoms with Crippen molar-refractivity contribution in [1.29, 1.82) is 0 Å². The first-order valence-electron chi connectivity index (χ1n) is 12.6. The van der Waals surface area contributed by atoms with Crippen LogP contribution in [0, 0.1) is 40.9 Å². The number of benzene rings is 1. The van der Waals surface area contributed by atoms with Crippen molar-refractivity contribution in [2.75, 3.05) is 0 Å². The van der Waals surface area contributed by atoms with Gasteiger partial charge in [-0.05, 0) is 106 Å². The van der Waals surface area contributed by atoms with Gasteiger partial charge in [0.15, 0.2) is 5.78 Å². The van der Waals surface area contributed by atoms with Gasteiger partial charge in [-0.3, -0.25) is 4.79 Å². The highest BCUT2D eigenvalue weighted by molar-refractivity contribution is 6.08. The van der Waals surface area contributed by atoms with Crippen molar-refractivity contribution in [3.8, 4) is 0 Å². The Bertz CT molecular complexity index is 1000. The number of Topliss-reactive ketones (excluding diaryl/α,β-unsaturated/α-hetero) is 1. The summed E-state index contributed by atoms with van der Waals surface area (Å²) in [4.78, 5) is 13.8. The van der Waals surface area contributed by atoms with Crippen LogP contribution in [0.15, 0.2) is 34.9 Å². The molecule has 2 aromatic rings. The van der Waals surface area contributed by atoms with Crippen LogP contribution in [0.3, 0.4) is 0 Å². The minimum absolute atomic E-state index is 0.129. The molecule has 0 saturated heterocycles. The van der Waals surface area contributed by atoms with Gasteiger partial charge in [0.2, 0.25) is 0 Å². The Morgan fingerprint density at radius 3 is 2.65 bits per heavy atom. The number of hydrogen-bond acceptors (Lipinski definition) is 3. The van der Waals surface area contributed by atoms with Crippen molar-refractivity contribution < 1.29 is 14.3 Å². The Morgan fingerprint density at radius 1 is 0.968 bits per heavy atom. The largest absolute Gasteiger partial charge is 0.464 e. The summed E-state index contributed by atoms with van der Waals surface area (Å²) in [6, 6.07) is 7.95. The van der Waals surface area contributed by atoms with Crippen LogP contribution < -0.4 is 0 Å². The van der Waals surface area contributed by atoms with Gasteiger partial charge in [-0.15, -0.1) is 0 Å². The minimum Gasteiger partial charge on any atom is -0.464 e. The predicted octanol–water partition coefficient (Wildman–Crippen LogP) is 6.64. The monoisotopic (exact) mass is 420 g/mol. The molecule has 6 rings (SSSR count). The molecule has 8 atom stereocenters. The van der Waals surface area contributed by atoms with Gasteiger partial charge < -0.3 is 9.52 Å². The molecule has 31 heavy (non-hydrogen) atoms. The molecule has 0 radical (unpaired) electrons. The lowest BCUT2D eigenvalue weighted by Crippen LogP contribution is -2.51. The van der Waals surface area contributed by atoms with Crippen molar-refractivity contribution in [3.63, 3.8) is 0 Å². The average Bonchev–Trinajstić information content (AvgIpc) is 3.33. The lowest BCUT2D eigenvalue weighted by atomic mass is 9.49. The molecular weight excluding hydrogens is 384 g/mol. The van der Waals surface area contributed by atoms with E-state index in [1.54, 1.807) is 6.26 Å². The highest BCUT2D eigenvalue weighted by atomic mass is 16.3. The highest BCUT2D eigenvalue weighted by Gasteiger charge is 2.59. The number of fused-ring (bicyclic) bond motifs is 6. The van der Waals surface area contributed by atoms with Crippen LogP contribution in [0.2, 0.25) is 0 Å². The van der Waals surface area contributed by atoms with E-state index in [9.17, 15) is 9.90 Å². The zero-order valence-corrected chi connectivity index (χ0v) is 19.0. The van der Waals surface area contributed by atoms with E-state index in [0.29, 0.717) is 17.6 Å². The van der Waals surface area contributed by atoms with E-state index in [1.807, 2.05) is 31.2 Å². The quantitative estimate of drug-likeness (QED) is 0.554. The maximum atomic E-state index is 13.8. The van der Waals surface area contributed by atoms with Crippen molar-refractivity contribution in [2.45, 2.75) is 77.2 Å². The summed E-state index contributed by atoms with van der Waals surface area (Å²) in [5.74, 6) is 4.24. The predicted molar refractivity (Wildman–Crippen MR) is 122 cm³/mol. The summed E-state index contributed by atoms with van der Waals surface area (Å²) in [6.45, 7) is 4.48. The smallest absolute Gasteiger partial charge is 0.170 e. The molecule has 4 aliphatic carbocycles. The summed E-state index contributed by atoms with van der Waals surface area (Å²) in [6.07, 6.45) is 12.1. The molecule has 4 fully saturated rings. The van der Waals surface area contributed by atoms with Crippen molar-refractivity contribution in [2.24, 2.45) is 40.9 Å². The number of carbonyl (C=O) groups excluding carboxylic acids is 1. The van der Waals surface area contributed by atoms with Gasteiger partial charge in [0, 0.05) is 11.3 Å². The average molecular weight is 421 g/mol. The molecule has 3 heteroatoms. The van der Waals surface area contributed by atoms with E-state index in [0.717, 1.165) is 53.5 Å². The Balaban J connectivity index is 1.26. The maximum Gasteiger partial charge on any atom is 0.170 e. The number of ketones is 1. The van der Waals surface area contributed by atoms with Gasteiger partial charge in [0.1, 0.15) is 11.8 Å². The second-order valence-corrected chi connectivity index (χ2v) is 11.9. The fourth-order valence-corrected chi connectivity index (χ4v) is 8.87. The van der Waals surface area contributed by atoms with E-state index >= 15 is 0 Å². The van der Waals surface area contributed by atoms with E-state index in [4.69, 9.17) is 4.42 Å². The van der Waals surface area contributed by atoms with Crippen LogP contribution >= 0.6 is 0 Å². The normalized spacial score (nSPS) is 44.5. The van der Waals surface area contributed by atoms with E-state index in [2.05, 4.69) is 6.92 Å². The summed E-state index contributed by atoms with van der Waals surface area (Å²) in [7, 11) is 0. The maximum absolute atomic E-state index is 13.8. The zero-order valence-electron chi connectivity index (χ0n) is 19.0. The van der Waals surface area contributed by atoms with Crippen LogP contribution in [-0.2, 0) is 0 Å². The molecular formula is C28H36O3. The first-order valence-corrected chi connectivity index (χ1v) is 12.6. The first kappa shape index (κ1) is 20.0. The van der Waals surface area contributed by atoms with Gasteiger partial charge in [-0.1, -0.05) is 25.1 Å². The highest BCUT2D eigenvalue weighted by Crippen LogP contribution is 2.65. The van der Waals surface area contributed by atoms with Crippen LogP contribution in [0.25, 0.3) is 11.0 Å². The molecule has 0 spiro atoms. The second kappa shape index (κ2) is 6.94. The molecule has 1 aromatic carbocycles. The summed E-state index contributed by atoms with van der Waals surface area (Å²) in [5, 5.41) is 11.6. The number of para-hydroxylation sites is 1. The van der Waals surface area contributed by atoms with E-state index < -0.39 is 5.60 Å². The molecule has 0 aliphatic heterocycles. The Hall–Kier alpha value is -1.61. The molecule has 4 saturated carbocycles. The van der Waals surface area contributed by atoms with Gasteiger partial charge in [0.05, 0.1) is 11.2 Å². The van der Waals surface area contributed by atoms with Crippen LogP contribution in [0.4, 0.5) is 0 Å². The van der Waals surface area contributed by atoms with Gasteiger partial charge in [0.25, 0.3) is 0 Å². The Morgan fingerprint density at radius 2 is 1.77 bits per heavy atom. The van der Waals surface area contributed by atoms with Gasteiger partial charge in [-0.2, -0.15) is 0 Å². The van der Waals surface area contributed by atoms with Crippen molar-refractivity contribution in [1.82, 2.24) is 0 Å². The third-order valence-corrected chi connectivity index (χ3v) is 10.3. The van der Waals surface area contributed by atoms with Crippen LogP contribution in [-0.4, -0.2) is 16.5 Å². The first-order chi connectivity index (χ1) is 14.9. The molecule has 1 heterocycles. The van der Waals surface area contributed by atoms with Gasteiger partial charge >= 0.3 is 0 Å². The number of aliphatic hydroxyl groups is 1. The molecule has 166 valence electrons.